The minimum absolute atomic E-state index is 0.623. The Hall–Kier alpha value is -8.70. The fourth-order valence-electron chi connectivity index (χ4n) is 10.5. The van der Waals surface area contributed by atoms with Crippen LogP contribution < -0.4 is 9.80 Å². The Labute approximate surface area is 366 Å². The van der Waals surface area contributed by atoms with E-state index in [9.17, 15) is 10.5 Å². The van der Waals surface area contributed by atoms with E-state index in [2.05, 4.69) is 198 Å². The highest BCUT2D eigenvalue weighted by atomic mass is 15.1. The average molecular weight is 801 g/mol. The van der Waals surface area contributed by atoms with Gasteiger partial charge in [0.15, 0.2) is 0 Å². The van der Waals surface area contributed by atoms with E-state index in [-0.39, 0.29) is 0 Å². The van der Waals surface area contributed by atoms with Crippen molar-refractivity contribution in [3.8, 4) is 34.4 Å². The summed E-state index contributed by atoms with van der Waals surface area (Å²) in [7, 11) is 0. The molecule has 0 unspecified atom stereocenters. The second-order valence-corrected chi connectivity index (χ2v) is 16.3. The molecule has 63 heavy (non-hydrogen) atoms. The van der Waals surface area contributed by atoms with Crippen LogP contribution in [-0.4, -0.2) is 0 Å². The first-order valence-corrected chi connectivity index (χ1v) is 21.2. The highest BCUT2D eigenvalue weighted by molar-refractivity contribution is 6.15. The lowest BCUT2D eigenvalue weighted by atomic mass is 9.69. The van der Waals surface area contributed by atoms with E-state index in [0.29, 0.717) is 11.1 Å². The van der Waals surface area contributed by atoms with Crippen molar-refractivity contribution in [2.45, 2.75) is 5.41 Å². The highest BCUT2D eigenvalue weighted by Gasteiger charge is 2.53. The molecule has 0 bridgehead atoms. The van der Waals surface area contributed by atoms with Gasteiger partial charge in [-0.25, -0.2) is 0 Å². The van der Waals surface area contributed by atoms with Crippen LogP contribution >= 0.6 is 0 Å². The maximum atomic E-state index is 9.78. The van der Waals surface area contributed by atoms with Crippen LogP contribution in [0.3, 0.4) is 0 Å². The Bertz CT molecular complexity index is 3480. The lowest BCUT2D eigenvalue weighted by Crippen LogP contribution is -2.26. The Morgan fingerprint density at radius 3 is 1.44 bits per heavy atom. The molecule has 0 heterocycles. The van der Waals surface area contributed by atoms with Gasteiger partial charge < -0.3 is 9.80 Å². The third kappa shape index (κ3) is 5.33. The third-order valence-corrected chi connectivity index (χ3v) is 13.1. The van der Waals surface area contributed by atoms with Crippen molar-refractivity contribution in [2.75, 3.05) is 9.80 Å². The quantitative estimate of drug-likeness (QED) is 0.168. The van der Waals surface area contributed by atoms with Crippen molar-refractivity contribution in [2.24, 2.45) is 0 Å². The molecule has 12 rings (SSSR count). The van der Waals surface area contributed by atoms with Crippen LogP contribution in [0.4, 0.5) is 34.1 Å². The highest BCUT2D eigenvalue weighted by Crippen LogP contribution is 2.66. The zero-order valence-electron chi connectivity index (χ0n) is 34.1. The van der Waals surface area contributed by atoms with E-state index in [4.69, 9.17) is 0 Å². The van der Waals surface area contributed by atoms with E-state index >= 15 is 0 Å². The second kappa shape index (κ2) is 14.2. The molecule has 10 aromatic carbocycles. The summed E-state index contributed by atoms with van der Waals surface area (Å²) in [6, 6.07) is 82.1. The van der Waals surface area contributed by atoms with Crippen LogP contribution in [0.15, 0.2) is 218 Å². The first-order chi connectivity index (χ1) is 31.2. The number of nitriles is 2. The topological polar surface area (TPSA) is 54.1 Å². The van der Waals surface area contributed by atoms with Crippen molar-refractivity contribution >= 4 is 55.7 Å². The number of anilines is 6. The predicted molar refractivity (Wildman–Crippen MR) is 257 cm³/mol. The van der Waals surface area contributed by atoms with Crippen molar-refractivity contribution in [1.29, 1.82) is 10.5 Å². The Morgan fingerprint density at radius 1 is 0.349 bits per heavy atom. The first-order valence-electron chi connectivity index (χ1n) is 21.2. The van der Waals surface area contributed by atoms with Crippen molar-refractivity contribution in [1.82, 2.24) is 0 Å². The van der Waals surface area contributed by atoms with Gasteiger partial charge in [-0.2, -0.15) is 10.5 Å². The smallest absolute Gasteiger partial charge is 0.0991 e. The van der Waals surface area contributed by atoms with Crippen LogP contribution in [-0.2, 0) is 5.41 Å². The lowest BCUT2D eigenvalue weighted by Gasteiger charge is -2.33. The van der Waals surface area contributed by atoms with Gasteiger partial charge in [0.1, 0.15) is 0 Å². The summed E-state index contributed by atoms with van der Waals surface area (Å²) < 4.78 is 0. The van der Waals surface area contributed by atoms with E-state index in [1.165, 1.54) is 55.3 Å². The molecule has 292 valence electrons. The van der Waals surface area contributed by atoms with Gasteiger partial charge in [-0.15, -0.1) is 0 Å². The Morgan fingerprint density at radius 2 is 0.841 bits per heavy atom. The number of nitrogens with zero attached hydrogens (tertiary/aromatic N) is 4. The second-order valence-electron chi connectivity index (χ2n) is 16.3. The Kier molecular flexibility index (Phi) is 8.16. The normalized spacial score (nSPS) is 12.5. The molecule has 0 amide bonds. The molecule has 0 aliphatic heterocycles. The van der Waals surface area contributed by atoms with Crippen LogP contribution in [0.2, 0.25) is 0 Å². The molecule has 1 spiro atoms. The predicted octanol–water partition coefficient (Wildman–Crippen LogP) is 15.0. The molecule has 0 radical (unpaired) electrons. The van der Waals surface area contributed by atoms with Crippen LogP contribution in [0.5, 0.6) is 0 Å². The average Bonchev–Trinajstić information content (AvgIpc) is 3.83. The largest absolute Gasteiger partial charge is 0.310 e. The molecule has 4 nitrogen and oxygen atoms in total. The molecule has 0 fully saturated rings. The number of hydrogen-bond acceptors (Lipinski definition) is 4. The summed E-state index contributed by atoms with van der Waals surface area (Å²) in [4.78, 5) is 4.61. The minimum Gasteiger partial charge on any atom is -0.310 e. The molecule has 0 aromatic heterocycles. The minimum atomic E-state index is -0.642. The molecule has 2 aliphatic carbocycles. The van der Waals surface area contributed by atoms with Gasteiger partial charge in [-0.05, 0) is 152 Å². The fraction of sp³-hybridized carbons (Fsp3) is 0.0169. The van der Waals surface area contributed by atoms with Gasteiger partial charge in [-0.3, -0.25) is 0 Å². The molecule has 0 saturated carbocycles. The summed E-state index contributed by atoms with van der Waals surface area (Å²) in [5.41, 5.74) is 16.8. The molecule has 0 saturated heterocycles. The van der Waals surface area contributed by atoms with Crippen LogP contribution in [0, 0.1) is 22.7 Å². The summed E-state index contributed by atoms with van der Waals surface area (Å²) in [6.07, 6.45) is 0. The number of para-hydroxylation sites is 2. The van der Waals surface area contributed by atoms with Crippen LogP contribution in [0.1, 0.15) is 33.4 Å². The zero-order valence-corrected chi connectivity index (χ0v) is 34.1. The standard InChI is InChI=1S/C59H36N4/c60-37-39-23-28-44(29-24-39)62(42-13-3-1-4-14-42)46-32-34-47-41(35-46)27-33-52-57-51-20-8-7-19-50(51)56(63(43-15-5-2-6-16-43)45-30-25-40(38-61)26-31-45)36-55(57)59(58(47)52)53-21-11-9-17-48(53)49-18-10-12-22-54(49)59/h1-36H. The fourth-order valence-corrected chi connectivity index (χ4v) is 10.5. The molecule has 0 atom stereocenters. The SMILES string of the molecule is N#Cc1ccc(N(c2ccccc2)c2ccc3c4c(ccc3c2)-c2c(cc(N(c3ccccc3)c3ccc(C#N)cc3)c3ccccc23)C42c3ccccc3-c3ccccc32)cc1. The van der Waals surface area contributed by atoms with Gasteiger partial charge >= 0.3 is 0 Å². The third-order valence-electron chi connectivity index (χ3n) is 13.1. The van der Waals surface area contributed by atoms with E-state index in [1.54, 1.807) is 0 Å². The van der Waals surface area contributed by atoms with Crippen LogP contribution in [0.25, 0.3) is 43.8 Å². The summed E-state index contributed by atoms with van der Waals surface area (Å²) in [5.74, 6) is 0. The molecular formula is C59H36N4. The monoisotopic (exact) mass is 800 g/mol. The number of rotatable bonds is 6. The zero-order chi connectivity index (χ0) is 42.1. The van der Waals surface area contributed by atoms with Gasteiger partial charge in [0, 0.05) is 33.8 Å². The van der Waals surface area contributed by atoms with E-state index in [1.807, 2.05) is 42.5 Å². The van der Waals surface area contributed by atoms with E-state index < -0.39 is 5.41 Å². The van der Waals surface area contributed by atoms with Gasteiger partial charge in [-0.1, -0.05) is 127 Å². The van der Waals surface area contributed by atoms with Crippen molar-refractivity contribution < 1.29 is 0 Å². The van der Waals surface area contributed by atoms with Gasteiger partial charge in [0.2, 0.25) is 0 Å². The van der Waals surface area contributed by atoms with Gasteiger partial charge in [0.25, 0.3) is 0 Å². The number of fused-ring (bicyclic) bond motifs is 14. The first kappa shape index (κ1) is 36.2. The van der Waals surface area contributed by atoms with Crippen molar-refractivity contribution in [3.05, 3.63) is 252 Å². The maximum absolute atomic E-state index is 9.78. The maximum Gasteiger partial charge on any atom is 0.0991 e. The van der Waals surface area contributed by atoms with Gasteiger partial charge in [0.05, 0.1) is 34.4 Å². The van der Waals surface area contributed by atoms with E-state index in [0.717, 1.165) is 44.9 Å². The summed E-state index contributed by atoms with van der Waals surface area (Å²) in [5, 5.41) is 24.1. The summed E-state index contributed by atoms with van der Waals surface area (Å²) >= 11 is 0. The Balaban J connectivity index is 1.17. The number of hydrogen-bond donors (Lipinski definition) is 0. The lowest BCUT2D eigenvalue weighted by molar-refractivity contribution is 0.802. The molecule has 10 aromatic rings. The number of benzene rings is 10. The van der Waals surface area contributed by atoms with Crippen molar-refractivity contribution in [3.63, 3.8) is 0 Å². The molecule has 0 N–H and O–H groups in total. The molecule has 4 heteroatoms. The summed E-state index contributed by atoms with van der Waals surface area (Å²) in [6.45, 7) is 0. The molecule has 2 aliphatic rings. The molecular weight excluding hydrogens is 765 g/mol.